The first-order chi connectivity index (χ1) is 7.71. The molecule has 0 radical (unpaired) electrons. The first-order valence-electron chi connectivity index (χ1n) is 5.42. The highest BCUT2D eigenvalue weighted by atomic mass is 16.3. The normalized spacial score (nSPS) is 12.2. The molecule has 88 valence electrons. The van der Waals surface area contributed by atoms with Crippen LogP contribution in [0.25, 0.3) is 0 Å². The summed E-state index contributed by atoms with van der Waals surface area (Å²) in [6.07, 6.45) is 0.724. The SMILES string of the molecule is CCC(CN)C(=O)Nc1cccc(CO)c1. The number of hydrogen-bond acceptors (Lipinski definition) is 3. The summed E-state index contributed by atoms with van der Waals surface area (Å²) in [5.41, 5.74) is 6.97. The van der Waals surface area contributed by atoms with Crippen LogP contribution in [0, 0.1) is 5.92 Å². The first-order valence-corrected chi connectivity index (χ1v) is 5.42. The van der Waals surface area contributed by atoms with Gasteiger partial charge in [0.05, 0.1) is 12.5 Å². The monoisotopic (exact) mass is 222 g/mol. The summed E-state index contributed by atoms with van der Waals surface area (Å²) in [5.74, 6) is -0.224. The Morgan fingerprint density at radius 3 is 2.88 bits per heavy atom. The van der Waals surface area contributed by atoms with Gasteiger partial charge in [-0.1, -0.05) is 19.1 Å². The molecule has 0 saturated heterocycles. The molecule has 4 nitrogen and oxygen atoms in total. The lowest BCUT2D eigenvalue weighted by atomic mass is 10.1. The van der Waals surface area contributed by atoms with Gasteiger partial charge in [0.1, 0.15) is 0 Å². The van der Waals surface area contributed by atoms with E-state index in [-0.39, 0.29) is 18.4 Å². The van der Waals surface area contributed by atoms with Crippen molar-refractivity contribution >= 4 is 11.6 Å². The Bertz CT molecular complexity index is 349. The van der Waals surface area contributed by atoms with Gasteiger partial charge in [-0.15, -0.1) is 0 Å². The van der Waals surface area contributed by atoms with Gasteiger partial charge in [0.15, 0.2) is 0 Å². The molecule has 4 heteroatoms. The minimum absolute atomic E-state index is 0.0300. The third-order valence-electron chi connectivity index (χ3n) is 2.53. The van der Waals surface area contributed by atoms with E-state index in [4.69, 9.17) is 10.8 Å². The molecule has 1 amide bonds. The third-order valence-corrected chi connectivity index (χ3v) is 2.53. The van der Waals surface area contributed by atoms with Gasteiger partial charge in [0.25, 0.3) is 0 Å². The zero-order chi connectivity index (χ0) is 12.0. The number of anilines is 1. The molecule has 0 aliphatic heterocycles. The highest BCUT2D eigenvalue weighted by molar-refractivity contribution is 5.92. The highest BCUT2D eigenvalue weighted by Crippen LogP contribution is 2.12. The van der Waals surface area contributed by atoms with E-state index in [1.807, 2.05) is 6.92 Å². The lowest BCUT2D eigenvalue weighted by molar-refractivity contribution is -0.119. The maximum absolute atomic E-state index is 11.7. The van der Waals surface area contributed by atoms with E-state index < -0.39 is 0 Å². The van der Waals surface area contributed by atoms with Crippen molar-refractivity contribution in [3.05, 3.63) is 29.8 Å². The number of amides is 1. The van der Waals surface area contributed by atoms with Gasteiger partial charge in [-0.25, -0.2) is 0 Å². The Morgan fingerprint density at radius 2 is 2.31 bits per heavy atom. The molecule has 1 atom stereocenters. The zero-order valence-corrected chi connectivity index (χ0v) is 9.44. The van der Waals surface area contributed by atoms with Crippen molar-refractivity contribution in [1.82, 2.24) is 0 Å². The standard InChI is InChI=1S/C12H18N2O2/c1-2-10(7-13)12(16)14-11-5-3-4-9(6-11)8-15/h3-6,10,15H,2,7-8,13H2,1H3,(H,14,16). The number of carbonyl (C=O) groups excluding carboxylic acids is 1. The topological polar surface area (TPSA) is 75.4 Å². The third kappa shape index (κ3) is 3.32. The Kier molecular flexibility index (Phi) is 4.95. The second-order valence-corrected chi connectivity index (χ2v) is 3.69. The van der Waals surface area contributed by atoms with Crippen molar-refractivity contribution in [3.63, 3.8) is 0 Å². The van der Waals surface area contributed by atoms with E-state index >= 15 is 0 Å². The van der Waals surface area contributed by atoms with Crippen LogP contribution >= 0.6 is 0 Å². The number of rotatable bonds is 5. The molecule has 0 saturated carbocycles. The minimum atomic E-state index is -0.155. The summed E-state index contributed by atoms with van der Waals surface area (Å²) in [6, 6.07) is 7.14. The van der Waals surface area contributed by atoms with Gasteiger partial charge < -0.3 is 16.2 Å². The number of hydrogen-bond donors (Lipinski definition) is 3. The molecule has 0 aromatic heterocycles. The second kappa shape index (κ2) is 6.25. The maximum atomic E-state index is 11.7. The van der Waals surface area contributed by atoms with Crippen molar-refractivity contribution in [3.8, 4) is 0 Å². The van der Waals surface area contributed by atoms with Crippen LogP contribution < -0.4 is 11.1 Å². The number of benzene rings is 1. The predicted molar refractivity (Wildman–Crippen MR) is 63.8 cm³/mol. The van der Waals surface area contributed by atoms with Crippen molar-refractivity contribution in [2.45, 2.75) is 20.0 Å². The molecule has 1 aromatic rings. The minimum Gasteiger partial charge on any atom is -0.392 e. The molecule has 16 heavy (non-hydrogen) atoms. The van der Waals surface area contributed by atoms with E-state index in [1.54, 1.807) is 24.3 Å². The Labute approximate surface area is 95.5 Å². The summed E-state index contributed by atoms with van der Waals surface area (Å²) in [5, 5.41) is 11.8. The van der Waals surface area contributed by atoms with Crippen molar-refractivity contribution in [2.75, 3.05) is 11.9 Å². The predicted octanol–water partition coefficient (Wildman–Crippen LogP) is 1.10. The van der Waals surface area contributed by atoms with E-state index in [0.29, 0.717) is 12.2 Å². The fraction of sp³-hybridized carbons (Fsp3) is 0.417. The molecule has 0 spiro atoms. The number of carbonyl (C=O) groups is 1. The van der Waals surface area contributed by atoms with Crippen molar-refractivity contribution in [2.24, 2.45) is 11.7 Å². The van der Waals surface area contributed by atoms with E-state index in [0.717, 1.165) is 12.0 Å². The molecule has 0 aliphatic rings. The molecule has 1 unspecified atom stereocenters. The molecule has 4 N–H and O–H groups in total. The van der Waals surface area contributed by atoms with Crippen LogP contribution in [0.2, 0.25) is 0 Å². The summed E-state index contributed by atoms with van der Waals surface area (Å²) in [7, 11) is 0. The van der Waals surface area contributed by atoms with Crippen LogP contribution in [-0.2, 0) is 11.4 Å². The fourth-order valence-electron chi connectivity index (χ4n) is 1.45. The van der Waals surface area contributed by atoms with E-state index in [1.165, 1.54) is 0 Å². The Morgan fingerprint density at radius 1 is 1.56 bits per heavy atom. The number of nitrogens with two attached hydrogens (primary N) is 1. The second-order valence-electron chi connectivity index (χ2n) is 3.69. The summed E-state index contributed by atoms with van der Waals surface area (Å²) in [4.78, 5) is 11.7. The van der Waals surface area contributed by atoms with Crippen molar-refractivity contribution < 1.29 is 9.90 Å². The number of aliphatic hydroxyl groups excluding tert-OH is 1. The number of nitrogens with one attached hydrogen (secondary N) is 1. The first kappa shape index (κ1) is 12.7. The van der Waals surface area contributed by atoms with Crippen LogP contribution in [0.5, 0.6) is 0 Å². The lowest BCUT2D eigenvalue weighted by Gasteiger charge is -2.13. The van der Waals surface area contributed by atoms with Gasteiger partial charge in [-0.2, -0.15) is 0 Å². The summed E-state index contributed by atoms with van der Waals surface area (Å²) in [6.45, 7) is 2.25. The molecule has 1 aromatic carbocycles. The summed E-state index contributed by atoms with van der Waals surface area (Å²) < 4.78 is 0. The average Bonchev–Trinajstić information content (AvgIpc) is 2.31. The quantitative estimate of drug-likeness (QED) is 0.698. The molecule has 0 bridgehead atoms. The van der Waals surface area contributed by atoms with Gasteiger partial charge >= 0.3 is 0 Å². The number of aliphatic hydroxyl groups is 1. The Hall–Kier alpha value is -1.39. The fourth-order valence-corrected chi connectivity index (χ4v) is 1.45. The van der Waals surface area contributed by atoms with Gasteiger partial charge in [-0.3, -0.25) is 4.79 Å². The largest absolute Gasteiger partial charge is 0.392 e. The van der Waals surface area contributed by atoms with Crippen LogP contribution in [-0.4, -0.2) is 17.6 Å². The Balaban J connectivity index is 2.68. The molecular formula is C12H18N2O2. The maximum Gasteiger partial charge on any atom is 0.228 e. The zero-order valence-electron chi connectivity index (χ0n) is 9.44. The molecular weight excluding hydrogens is 204 g/mol. The van der Waals surface area contributed by atoms with Crippen LogP contribution in [0.1, 0.15) is 18.9 Å². The average molecular weight is 222 g/mol. The molecule has 0 heterocycles. The molecule has 0 aliphatic carbocycles. The molecule has 0 fully saturated rings. The highest BCUT2D eigenvalue weighted by Gasteiger charge is 2.14. The van der Waals surface area contributed by atoms with Crippen LogP contribution in [0.4, 0.5) is 5.69 Å². The van der Waals surface area contributed by atoms with Gasteiger partial charge in [-0.05, 0) is 24.1 Å². The van der Waals surface area contributed by atoms with Crippen LogP contribution in [0.15, 0.2) is 24.3 Å². The van der Waals surface area contributed by atoms with E-state index in [2.05, 4.69) is 5.32 Å². The lowest BCUT2D eigenvalue weighted by Crippen LogP contribution is -2.28. The van der Waals surface area contributed by atoms with Gasteiger partial charge in [0, 0.05) is 12.2 Å². The van der Waals surface area contributed by atoms with E-state index in [9.17, 15) is 4.79 Å². The summed E-state index contributed by atoms with van der Waals surface area (Å²) >= 11 is 0. The molecule has 1 rings (SSSR count). The van der Waals surface area contributed by atoms with Crippen LogP contribution in [0.3, 0.4) is 0 Å². The smallest absolute Gasteiger partial charge is 0.228 e. The van der Waals surface area contributed by atoms with Gasteiger partial charge in [0.2, 0.25) is 5.91 Å². The van der Waals surface area contributed by atoms with Crippen molar-refractivity contribution in [1.29, 1.82) is 0 Å².